The molecule has 1 atom stereocenters. The highest BCUT2D eigenvalue weighted by molar-refractivity contribution is 6.30. The van der Waals surface area contributed by atoms with Crippen molar-refractivity contribution in [2.75, 3.05) is 13.2 Å². The number of aliphatic hydroxyl groups excluding tert-OH is 1. The second kappa shape index (κ2) is 6.39. The van der Waals surface area contributed by atoms with Crippen LogP contribution in [0.2, 0.25) is 5.02 Å². The third-order valence-electron chi connectivity index (χ3n) is 3.55. The molecule has 2 N–H and O–H groups in total. The van der Waals surface area contributed by atoms with Crippen molar-refractivity contribution >= 4 is 11.6 Å². The van der Waals surface area contributed by atoms with Gasteiger partial charge in [0.05, 0.1) is 0 Å². The van der Waals surface area contributed by atoms with Crippen LogP contribution in [0.25, 0.3) is 0 Å². The highest BCUT2D eigenvalue weighted by Crippen LogP contribution is 2.37. The average molecular weight is 254 g/mol. The Morgan fingerprint density at radius 1 is 1.29 bits per heavy atom. The summed E-state index contributed by atoms with van der Waals surface area (Å²) in [5.74, 6) is 0.745. The topological polar surface area (TPSA) is 32.3 Å². The van der Waals surface area contributed by atoms with Gasteiger partial charge >= 0.3 is 0 Å². The van der Waals surface area contributed by atoms with E-state index >= 15 is 0 Å². The van der Waals surface area contributed by atoms with Crippen molar-refractivity contribution < 1.29 is 5.11 Å². The number of hydrogen-bond acceptors (Lipinski definition) is 2. The van der Waals surface area contributed by atoms with Crippen LogP contribution in [0.5, 0.6) is 0 Å². The van der Waals surface area contributed by atoms with E-state index in [1.54, 1.807) is 0 Å². The molecule has 3 heteroatoms. The maximum absolute atomic E-state index is 8.84. The first kappa shape index (κ1) is 12.9. The van der Waals surface area contributed by atoms with E-state index in [9.17, 15) is 0 Å². The van der Waals surface area contributed by atoms with Crippen molar-refractivity contribution in [1.82, 2.24) is 5.32 Å². The fourth-order valence-electron chi connectivity index (χ4n) is 2.34. The summed E-state index contributed by atoms with van der Waals surface area (Å²) in [6.07, 6.45) is 4.77. The molecule has 94 valence electrons. The molecule has 0 aromatic heterocycles. The number of hydrogen-bond donors (Lipinski definition) is 2. The largest absolute Gasteiger partial charge is 0.396 e. The SMILES string of the molecule is OCCCNC(c1ccc(Cl)cc1)C1CCC1. The normalized spacial score (nSPS) is 17.8. The summed E-state index contributed by atoms with van der Waals surface area (Å²) >= 11 is 5.92. The Labute approximate surface area is 108 Å². The van der Waals surface area contributed by atoms with Gasteiger partial charge in [0.1, 0.15) is 0 Å². The lowest BCUT2D eigenvalue weighted by Gasteiger charge is -2.35. The lowest BCUT2D eigenvalue weighted by atomic mass is 9.77. The number of aliphatic hydroxyl groups is 1. The molecule has 0 heterocycles. The molecule has 1 aromatic rings. The zero-order chi connectivity index (χ0) is 12.1. The molecule has 1 aliphatic carbocycles. The maximum Gasteiger partial charge on any atom is 0.0443 e. The van der Waals surface area contributed by atoms with Gasteiger partial charge in [-0.05, 0) is 49.4 Å². The van der Waals surface area contributed by atoms with E-state index in [2.05, 4.69) is 17.4 Å². The van der Waals surface area contributed by atoms with Gasteiger partial charge in [-0.15, -0.1) is 0 Å². The zero-order valence-electron chi connectivity index (χ0n) is 10.0. The van der Waals surface area contributed by atoms with E-state index in [0.717, 1.165) is 23.9 Å². The van der Waals surface area contributed by atoms with E-state index < -0.39 is 0 Å². The van der Waals surface area contributed by atoms with Crippen LogP contribution in [0.1, 0.15) is 37.3 Å². The Morgan fingerprint density at radius 2 is 2.00 bits per heavy atom. The first-order valence-electron chi connectivity index (χ1n) is 6.41. The minimum Gasteiger partial charge on any atom is -0.396 e. The lowest BCUT2D eigenvalue weighted by Crippen LogP contribution is -2.33. The average Bonchev–Trinajstić information content (AvgIpc) is 2.27. The molecule has 0 radical (unpaired) electrons. The Balaban J connectivity index is 2.00. The smallest absolute Gasteiger partial charge is 0.0443 e. The van der Waals surface area contributed by atoms with Gasteiger partial charge in [0, 0.05) is 17.7 Å². The minimum atomic E-state index is 0.255. The predicted octanol–water partition coefficient (Wildman–Crippen LogP) is 3.15. The second-order valence-electron chi connectivity index (χ2n) is 4.75. The van der Waals surface area contributed by atoms with Crippen molar-refractivity contribution in [2.45, 2.75) is 31.7 Å². The maximum atomic E-state index is 8.84. The highest BCUT2D eigenvalue weighted by atomic mass is 35.5. The molecule has 1 aromatic carbocycles. The molecular weight excluding hydrogens is 234 g/mol. The Hall–Kier alpha value is -0.570. The molecular formula is C14H20ClNO. The van der Waals surface area contributed by atoms with Crippen LogP contribution < -0.4 is 5.32 Å². The van der Waals surface area contributed by atoms with E-state index in [4.69, 9.17) is 16.7 Å². The van der Waals surface area contributed by atoms with Crippen molar-refractivity contribution in [1.29, 1.82) is 0 Å². The van der Waals surface area contributed by atoms with Crippen LogP contribution in [-0.4, -0.2) is 18.3 Å². The van der Waals surface area contributed by atoms with E-state index in [0.29, 0.717) is 6.04 Å². The minimum absolute atomic E-state index is 0.255. The predicted molar refractivity (Wildman–Crippen MR) is 71.2 cm³/mol. The molecule has 0 amide bonds. The van der Waals surface area contributed by atoms with Crippen LogP contribution in [0.3, 0.4) is 0 Å². The van der Waals surface area contributed by atoms with Crippen LogP contribution in [0.15, 0.2) is 24.3 Å². The molecule has 0 bridgehead atoms. The summed E-state index contributed by atoms with van der Waals surface area (Å²) in [5.41, 5.74) is 1.32. The summed E-state index contributed by atoms with van der Waals surface area (Å²) in [4.78, 5) is 0. The van der Waals surface area contributed by atoms with Crippen molar-refractivity contribution in [2.24, 2.45) is 5.92 Å². The summed E-state index contributed by atoms with van der Waals surface area (Å²) in [7, 11) is 0. The van der Waals surface area contributed by atoms with Gasteiger partial charge < -0.3 is 10.4 Å². The van der Waals surface area contributed by atoms with Gasteiger partial charge in [0.15, 0.2) is 0 Å². The second-order valence-corrected chi connectivity index (χ2v) is 5.19. The fourth-order valence-corrected chi connectivity index (χ4v) is 2.46. The van der Waals surface area contributed by atoms with Crippen molar-refractivity contribution in [3.63, 3.8) is 0 Å². The summed E-state index contributed by atoms with van der Waals surface area (Å²) in [6, 6.07) is 8.55. The van der Waals surface area contributed by atoms with Gasteiger partial charge in [-0.1, -0.05) is 30.2 Å². The van der Waals surface area contributed by atoms with E-state index in [1.165, 1.54) is 24.8 Å². The molecule has 0 spiro atoms. The van der Waals surface area contributed by atoms with E-state index in [-0.39, 0.29) is 6.61 Å². The quantitative estimate of drug-likeness (QED) is 0.764. The molecule has 1 saturated carbocycles. The molecule has 17 heavy (non-hydrogen) atoms. The Bertz CT molecular complexity index is 335. The fraction of sp³-hybridized carbons (Fsp3) is 0.571. The zero-order valence-corrected chi connectivity index (χ0v) is 10.8. The molecule has 2 nitrogen and oxygen atoms in total. The van der Waals surface area contributed by atoms with Crippen molar-refractivity contribution in [3.8, 4) is 0 Å². The molecule has 0 aliphatic heterocycles. The Kier molecular flexibility index (Phi) is 4.84. The number of nitrogens with one attached hydrogen (secondary N) is 1. The molecule has 2 rings (SSSR count). The standard InChI is InChI=1S/C14H20ClNO/c15-13-7-5-12(6-8-13)14(11-3-1-4-11)16-9-2-10-17/h5-8,11,14,16-17H,1-4,9-10H2. The number of halogens is 1. The van der Waals surface area contributed by atoms with Gasteiger partial charge in [0.25, 0.3) is 0 Å². The lowest BCUT2D eigenvalue weighted by molar-refractivity contribution is 0.222. The Morgan fingerprint density at radius 3 is 2.53 bits per heavy atom. The van der Waals surface area contributed by atoms with E-state index in [1.807, 2.05) is 12.1 Å². The third kappa shape index (κ3) is 3.44. The summed E-state index contributed by atoms with van der Waals surface area (Å²) < 4.78 is 0. The first-order valence-corrected chi connectivity index (χ1v) is 6.79. The van der Waals surface area contributed by atoms with Gasteiger partial charge in [0.2, 0.25) is 0 Å². The highest BCUT2D eigenvalue weighted by Gasteiger charge is 2.27. The van der Waals surface area contributed by atoms with Gasteiger partial charge in [-0.2, -0.15) is 0 Å². The van der Waals surface area contributed by atoms with Crippen LogP contribution in [0, 0.1) is 5.92 Å². The monoisotopic (exact) mass is 253 g/mol. The number of rotatable bonds is 6. The summed E-state index contributed by atoms with van der Waals surface area (Å²) in [5, 5.41) is 13.2. The molecule has 0 saturated heterocycles. The molecule has 1 aliphatic rings. The molecule has 1 unspecified atom stereocenters. The third-order valence-corrected chi connectivity index (χ3v) is 3.80. The molecule has 1 fully saturated rings. The van der Waals surface area contributed by atoms with Crippen molar-refractivity contribution in [3.05, 3.63) is 34.9 Å². The van der Waals surface area contributed by atoms with Gasteiger partial charge in [-0.3, -0.25) is 0 Å². The van der Waals surface area contributed by atoms with Crippen LogP contribution >= 0.6 is 11.6 Å². The van der Waals surface area contributed by atoms with Crippen LogP contribution in [-0.2, 0) is 0 Å². The first-order chi connectivity index (χ1) is 8.31. The summed E-state index contributed by atoms with van der Waals surface area (Å²) in [6.45, 7) is 1.13. The van der Waals surface area contributed by atoms with Crippen LogP contribution in [0.4, 0.5) is 0 Å². The van der Waals surface area contributed by atoms with Gasteiger partial charge in [-0.25, -0.2) is 0 Å². The number of benzene rings is 1.